The number of allylic oxidation sites excluding steroid dienone is 1. The van der Waals surface area contributed by atoms with Crippen molar-refractivity contribution in [2.24, 2.45) is 0 Å². The van der Waals surface area contributed by atoms with E-state index in [-0.39, 0.29) is 17.0 Å². The summed E-state index contributed by atoms with van der Waals surface area (Å²) < 4.78 is 38.3. The highest BCUT2D eigenvalue weighted by Crippen LogP contribution is 2.21. The first-order valence-electron chi connectivity index (χ1n) is 8.78. The van der Waals surface area contributed by atoms with E-state index in [1.54, 1.807) is 0 Å². The van der Waals surface area contributed by atoms with E-state index in [4.69, 9.17) is 4.42 Å². The van der Waals surface area contributed by atoms with Gasteiger partial charge in [-0.3, -0.25) is 9.36 Å². The molecule has 1 heterocycles. The molecular formula is C18H22N2O6S. The number of esters is 1. The molecule has 0 fully saturated rings. The fourth-order valence-electron chi connectivity index (χ4n) is 3.12. The maximum absolute atomic E-state index is 12.5. The van der Waals surface area contributed by atoms with Crippen LogP contribution in [0, 0.1) is 0 Å². The summed E-state index contributed by atoms with van der Waals surface area (Å²) in [6.07, 6.45) is 7.29. The van der Waals surface area contributed by atoms with Gasteiger partial charge in [-0.1, -0.05) is 11.6 Å². The van der Waals surface area contributed by atoms with Gasteiger partial charge in [0.05, 0.1) is 17.5 Å². The number of hydrogen-bond acceptors (Lipinski definition) is 6. The number of ether oxygens (including phenoxy) is 1. The van der Waals surface area contributed by atoms with Crippen LogP contribution in [0.2, 0.25) is 0 Å². The normalized spacial score (nSPS) is 14.9. The van der Waals surface area contributed by atoms with E-state index in [1.165, 1.54) is 37.3 Å². The van der Waals surface area contributed by atoms with E-state index in [0.717, 1.165) is 23.8 Å². The van der Waals surface area contributed by atoms with Crippen molar-refractivity contribution < 1.29 is 22.4 Å². The number of hydrogen-bond donors (Lipinski definition) is 1. The Morgan fingerprint density at radius 2 is 2.15 bits per heavy atom. The Kier molecular flexibility index (Phi) is 5.81. The molecule has 0 atom stereocenters. The van der Waals surface area contributed by atoms with Crippen molar-refractivity contribution in [3.05, 3.63) is 40.4 Å². The number of sulfonamides is 1. The minimum Gasteiger partial charge on any atom is -0.468 e. The second-order valence-electron chi connectivity index (χ2n) is 6.42. The summed E-state index contributed by atoms with van der Waals surface area (Å²) in [6, 6.07) is 4.11. The molecule has 0 radical (unpaired) electrons. The number of fused-ring (bicyclic) bond motifs is 1. The third kappa shape index (κ3) is 4.48. The molecule has 1 aromatic carbocycles. The number of nitrogens with one attached hydrogen (secondary N) is 1. The molecule has 1 aromatic heterocycles. The van der Waals surface area contributed by atoms with E-state index >= 15 is 0 Å². The van der Waals surface area contributed by atoms with Crippen LogP contribution in [0.4, 0.5) is 0 Å². The van der Waals surface area contributed by atoms with Crippen LogP contribution in [-0.2, 0) is 26.1 Å². The average molecular weight is 394 g/mol. The zero-order chi connectivity index (χ0) is 19.4. The number of methoxy groups -OCH3 is 1. The Hall–Kier alpha value is -2.39. The predicted molar refractivity (Wildman–Crippen MR) is 98.8 cm³/mol. The molecule has 9 heteroatoms. The van der Waals surface area contributed by atoms with Gasteiger partial charge in [0.1, 0.15) is 6.54 Å². The molecule has 3 rings (SSSR count). The summed E-state index contributed by atoms with van der Waals surface area (Å²) in [5.41, 5.74) is 1.71. The summed E-state index contributed by atoms with van der Waals surface area (Å²) in [4.78, 5) is 23.3. The lowest BCUT2D eigenvalue weighted by Gasteiger charge is -2.13. The first-order valence-corrected chi connectivity index (χ1v) is 10.3. The van der Waals surface area contributed by atoms with Gasteiger partial charge in [-0.25, -0.2) is 17.9 Å². The van der Waals surface area contributed by atoms with Gasteiger partial charge in [-0.2, -0.15) is 0 Å². The van der Waals surface area contributed by atoms with Crippen LogP contribution in [0.3, 0.4) is 0 Å². The summed E-state index contributed by atoms with van der Waals surface area (Å²) in [7, 11) is -2.51. The molecule has 1 aliphatic rings. The standard InChI is InChI=1S/C18H22N2O6S/c1-25-17(21)12-20-15-8-7-14(11-16(15)26-18(20)22)27(23,24)19-10-9-13-5-3-2-4-6-13/h5,7-8,11,19H,2-4,6,9-10,12H2,1H3. The van der Waals surface area contributed by atoms with Crippen molar-refractivity contribution in [2.45, 2.75) is 43.5 Å². The van der Waals surface area contributed by atoms with Gasteiger partial charge >= 0.3 is 11.7 Å². The van der Waals surface area contributed by atoms with Crippen LogP contribution in [0.25, 0.3) is 11.1 Å². The highest BCUT2D eigenvalue weighted by molar-refractivity contribution is 7.89. The SMILES string of the molecule is COC(=O)Cn1c(=O)oc2cc(S(=O)(=O)NCCC3=CCCCC3)ccc21. The molecular weight excluding hydrogens is 372 g/mol. The van der Waals surface area contributed by atoms with E-state index in [2.05, 4.69) is 15.5 Å². The molecule has 1 N–H and O–H groups in total. The third-order valence-corrected chi connectivity index (χ3v) is 6.05. The highest BCUT2D eigenvalue weighted by atomic mass is 32.2. The number of nitrogens with zero attached hydrogens (tertiary/aromatic N) is 1. The van der Waals surface area contributed by atoms with Gasteiger partial charge in [-0.15, -0.1) is 0 Å². The number of benzene rings is 1. The van der Waals surface area contributed by atoms with Gasteiger partial charge in [-0.05, 0) is 44.2 Å². The van der Waals surface area contributed by atoms with Crippen molar-refractivity contribution >= 4 is 27.1 Å². The molecule has 0 unspecified atom stereocenters. The van der Waals surface area contributed by atoms with E-state index in [1.807, 2.05) is 0 Å². The Morgan fingerprint density at radius 1 is 1.33 bits per heavy atom. The number of aromatic nitrogens is 1. The summed E-state index contributed by atoms with van der Waals surface area (Å²) in [6.45, 7) is 0.0152. The fraction of sp³-hybridized carbons (Fsp3) is 0.444. The van der Waals surface area contributed by atoms with Crippen molar-refractivity contribution in [1.82, 2.24) is 9.29 Å². The van der Waals surface area contributed by atoms with Crippen LogP contribution in [0.15, 0.2) is 44.0 Å². The molecule has 0 spiro atoms. The van der Waals surface area contributed by atoms with Crippen LogP contribution in [0.5, 0.6) is 0 Å². The van der Waals surface area contributed by atoms with Crippen molar-refractivity contribution in [3.63, 3.8) is 0 Å². The van der Waals surface area contributed by atoms with Gasteiger partial charge in [0.25, 0.3) is 0 Å². The maximum Gasteiger partial charge on any atom is 0.420 e. The van der Waals surface area contributed by atoms with Gasteiger partial charge in [0.2, 0.25) is 10.0 Å². The molecule has 0 saturated carbocycles. The van der Waals surface area contributed by atoms with Gasteiger partial charge in [0, 0.05) is 12.6 Å². The average Bonchev–Trinajstić information content (AvgIpc) is 2.97. The lowest BCUT2D eigenvalue weighted by Crippen LogP contribution is -2.25. The number of oxazole rings is 1. The topological polar surface area (TPSA) is 108 Å². The third-order valence-electron chi connectivity index (χ3n) is 4.59. The van der Waals surface area contributed by atoms with Crippen molar-refractivity contribution in [3.8, 4) is 0 Å². The van der Waals surface area contributed by atoms with E-state index < -0.39 is 21.7 Å². The van der Waals surface area contributed by atoms with Crippen molar-refractivity contribution in [1.29, 1.82) is 0 Å². The molecule has 1 aliphatic carbocycles. The van der Waals surface area contributed by atoms with Crippen LogP contribution < -0.4 is 10.5 Å². The number of carbonyl (C=O) groups excluding carboxylic acids is 1. The van der Waals surface area contributed by atoms with Crippen LogP contribution in [0.1, 0.15) is 32.1 Å². The smallest absolute Gasteiger partial charge is 0.420 e. The Labute approximate surface area is 156 Å². The Morgan fingerprint density at radius 3 is 2.85 bits per heavy atom. The summed E-state index contributed by atoms with van der Waals surface area (Å²) in [5.74, 6) is -1.35. The molecule has 146 valence electrons. The Bertz CT molecular complexity index is 1030. The molecule has 2 aromatic rings. The van der Waals surface area contributed by atoms with Gasteiger partial charge in [0.15, 0.2) is 5.58 Å². The van der Waals surface area contributed by atoms with Gasteiger partial charge < -0.3 is 9.15 Å². The second-order valence-corrected chi connectivity index (χ2v) is 8.18. The second kappa shape index (κ2) is 8.10. The molecule has 0 amide bonds. The quantitative estimate of drug-likeness (QED) is 0.568. The van der Waals surface area contributed by atoms with E-state index in [0.29, 0.717) is 18.5 Å². The molecule has 27 heavy (non-hydrogen) atoms. The summed E-state index contributed by atoms with van der Waals surface area (Å²) >= 11 is 0. The van der Waals surface area contributed by atoms with Crippen LogP contribution in [-0.4, -0.2) is 32.6 Å². The predicted octanol–water partition coefficient (Wildman–Crippen LogP) is 1.94. The highest BCUT2D eigenvalue weighted by Gasteiger charge is 2.19. The first kappa shape index (κ1) is 19.4. The number of carbonyl (C=O) groups is 1. The maximum atomic E-state index is 12.5. The zero-order valence-corrected chi connectivity index (χ0v) is 15.9. The lowest BCUT2D eigenvalue weighted by atomic mass is 9.97. The first-order chi connectivity index (χ1) is 12.9. The minimum absolute atomic E-state index is 0.00610. The zero-order valence-electron chi connectivity index (χ0n) is 15.1. The minimum atomic E-state index is -3.72. The van der Waals surface area contributed by atoms with Crippen LogP contribution >= 0.6 is 0 Å². The monoisotopic (exact) mass is 394 g/mol. The van der Waals surface area contributed by atoms with E-state index in [9.17, 15) is 18.0 Å². The summed E-state index contributed by atoms with van der Waals surface area (Å²) in [5, 5.41) is 0. The lowest BCUT2D eigenvalue weighted by molar-refractivity contribution is -0.141. The molecule has 0 bridgehead atoms. The fourth-order valence-corrected chi connectivity index (χ4v) is 4.17. The largest absolute Gasteiger partial charge is 0.468 e. The molecule has 8 nitrogen and oxygen atoms in total. The molecule has 0 aliphatic heterocycles. The molecule has 0 saturated heterocycles. The van der Waals surface area contributed by atoms with Crippen molar-refractivity contribution in [2.75, 3.05) is 13.7 Å². The number of rotatable bonds is 7. The Balaban J connectivity index is 1.76.